The first-order valence-corrected chi connectivity index (χ1v) is 15.6. The maximum absolute atomic E-state index is 12.5. The first kappa shape index (κ1) is 26.7. The van der Waals surface area contributed by atoms with Crippen LogP contribution in [-0.2, 0) is 13.9 Å². The largest absolute Gasteiger partial charge is 0.449 e. The Morgan fingerprint density at radius 3 is 2.47 bits per heavy atom. The van der Waals surface area contributed by atoms with Crippen LogP contribution < -0.4 is 16.0 Å². The molecule has 11 heteroatoms. The molecule has 0 bridgehead atoms. The Bertz CT molecular complexity index is 1100. The van der Waals surface area contributed by atoms with Crippen LogP contribution in [0.15, 0.2) is 52.2 Å². The van der Waals surface area contributed by atoms with Crippen molar-refractivity contribution in [2.45, 2.75) is 62.6 Å². The van der Waals surface area contributed by atoms with E-state index in [0.717, 1.165) is 0 Å². The van der Waals surface area contributed by atoms with Crippen molar-refractivity contribution >= 4 is 37.5 Å². The van der Waals surface area contributed by atoms with E-state index in [2.05, 4.69) is 38.8 Å². The summed E-state index contributed by atoms with van der Waals surface area (Å²) < 4.78 is 25.9. The second-order valence-electron chi connectivity index (χ2n) is 9.60. The van der Waals surface area contributed by atoms with Crippen LogP contribution in [0.2, 0.25) is 18.1 Å². The number of H-pyrrole nitrogens is 1. The zero-order chi connectivity index (χ0) is 25.1. The van der Waals surface area contributed by atoms with Crippen molar-refractivity contribution in [3.63, 3.8) is 0 Å². The third-order valence-corrected chi connectivity index (χ3v) is 12.0. The molecule has 1 fully saturated rings. The molecule has 3 rings (SSSR count). The van der Waals surface area contributed by atoms with Gasteiger partial charge in [0.25, 0.3) is 5.56 Å². The highest BCUT2D eigenvalue weighted by Crippen LogP contribution is 2.40. The van der Waals surface area contributed by atoms with E-state index in [1.807, 2.05) is 24.5 Å². The minimum absolute atomic E-state index is 0.0157. The summed E-state index contributed by atoms with van der Waals surface area (Å²) >= 11 is 6.87. The number of ether oxygens (including phenoxy) is 3. The van der Waals surface area contributed by atoms with Gasteiger partial charge in [0.1, 0.15) is 18.0 Å². The molecule has 4 atom stereocenters. The van der Waals surface area contributed by atoms with E-state index in [-0.39, 0.29) is 22.1 Å². The van der Waals surface area contributed by atoms with Gasteiger partial charge in [-0.3, -0.25) is 14.3 Å². The molecule has 1 N–H and O–H groups in total. The Kier molecular flexibility index (Phi) is 8.46. The minimum Gasteiger partial charge on any atom is -0.449 e. The molecule has 0 spiro atoms. The fraction of sp³-hybridized carbons (Fsp3) is 0.522. The third kappa shape index (κ3) is 6.19. The smallest absolute Gasteiger partial charge is 0.358 e. The van der Waals surface area contributed by atoms with Crippen molar-refractivity contribution in [2.75, 3.05) is 12.9 Å². The molecule has 1 aromatic carbocycles. The molecule has 1 aromatic heterocycles. The van der Waals surface area contributed by atoms with Crippen LogP contribution in [0.5, 0.6) is 5.75 Å². The van der Waals surface area contributed by atoms with Crippen LogP contribution in [0.25, 0.3) is 0 Å². The van der Waals surface area contributed by atoms with E-state index in [0.29, 0.717) is 5.75 Å². The van der Waals surface area contributed by atoms with E-state index in [1.54, 1.807) is 12.1 Å². The number of thiocarbonyl (C=S) groups is 1. The van der Waals surface area contributed by atoms with Gasteiger partial charge < -0.3 is 18.6 Å². The monoisotopic (exact) mass is 524 g/mol. The Morgan fingerprint density at radius 2 is 1.88 bits per heavy atom. The molecule has 34 heavy (non-hydrogen) atoms. The Balaban J connectivity index is 1.87. The van der Waals surface area contributed by atoms with Crippen LogP contribution >= 0.6 is 24.0 Å². The molecule has 2 aromatic rings. The lowest BCUT2D eigenvalue weighted by Crippen LogP contribution is -2.45. The SMILES string of the molecule is CS[C@@H]1[C@H](OC(=S)Oc2ccccc2)[C@@H](CO[Si](C)(C)C(C)(C)C)O[C@H]1n1ccc(=O)[nH]c1=O. The van der Waals surface area contributed by atoms with Crippen LogP contribution in [0.3, 0.4) is 0 Å². The number of aromatic nitrogens is 2. The van der Waals surface area contributed by atoms with Crippen molar-refractivity contribution in [1.29, 1.82) is 0 Å². The average Bonchev–Trinajstić information content (AvgIpc) is 3.09. The van der Waals surface area contributed by atoms with Gasteiger partial charge in [-0.25, -0.2) is 4.79 Å². The maximum Gasteiger partial charge on any atom is 0.358 e. The van der Waals surface area contributed by atoms with Crippen molar-refractivity contribution in [2.24, 2.45) is 0 Å². The molecule has 1 aliphatic heterocycles. The van der Waals surface area contributed by atoms with Gasteiger partial charge in [-0.2, -0.15) is 11.8 Å². The molecule has 8 nitrogen and oxygen atoms in total. The fourth-order valence-corrected chi connectivity index (χ4v) is 5.46. The highest BCUT2D eigenvalue weighted by atomic mass is 32.2. The fourth-order valence-electron chi connectivity index (χ4n) is 3.31. The number of nitrogens with zero attached hydrogens (tertiary/aromatic N) is 1. The van der Waals surface area contributed by atoms with Crippen LogP contribution in [0, 0.1) is 0 Å². The number of benzene rings is 1. The topological polar surface area (TPSA) is 91.8 Å². The van der Waals surface area contributed by atoms with Crippen molar-refractivity contribution < 1.29 is 18.6 Å². The lowest BCUT2D eigenvalue weighted by molar-refractivity contribution is -0.0426. The first-order chi connectivity index (χ1) is 15.9. The quantitative estimate of drug-likeness (QED) is 0.430. The highest BCUT2D eigenvalue weighted by molar-refractivity contribution is 7.99. The predicted molar refractivity (Wildman–Crippen MR) is 140 cm³/mol. The molecule has 0 radical (unpaired) electrons. The van der Waals surface area contributed by atoms with Gasteiger partial charge in [0, 0.05) is 24.5 Å². The summed E-state index contributed by atoms with van der Waals surface area (Å²) in [7, 11) is -2.08. The van der Waals surface area contributed by atoms with Gasteiger partial charge in [-0.05, 0) is 36.5 Å². The second-order valence-corrected chi connectivity index (χ2v) is 15.8. The van der Waals surface area contributed by atoms with Gasteiger partial charge >= 0.3 is 10.9 Å². The summed E-state index contributed by atoms with van der Waals surface area (Å²) in [5.74, 6) is 0.564. The Morgan fingerprint density at radius 1 is 1.21 bits per heavy atom. The normalized spacial score (nSPS) is 23.0. The zero-order valence-electron chi connectivity index (χ0n) is 20.3. The van der Waals surface area contributed by atoms with E-state index >= 15 is 0 Å². The predicted octanol–water partition coefficient (Wildman–Crippen LogP) is 3.94. The Labute approximate surface area is 210 Å². The van der Waals surface area contributed by atoms with Crippen molar-refractivity contribution in [3.05, 3.63) is 63.4 Å². The third-order valence-electron chi connectivity index (χ3n) is 6.27. The molecule has 2 heterocycles. The van der Waals surface area contributed by atoms with Gasteiger partial charge in [0.05, 0.1) is 11.9 Å². The summed E-state index contributed by atoms with van der Waals surface area (Å²) in [6.45, 7) is 11.1. The number of thioether (sulfide) groups is 1. The number of hydrogen-bond donors (Lipinski definition) is 1. The van der Waals surface area contributed by atoms with Crippen LogP contribution in [-0.4, -0.2) is 53.4 Å². The molecule has 0 aliphatic carbocycles. The van der Waals surface area contributed by atoms with E-state index in [4.69, 9.17) is 30.9 Å². The molecule has 0 amide bonds. The summed E-state index contributed by atoms with van der Waals surface area (Å²) in [6, 6.07) is 10.4. The average molecular weight is 525 g/mol. The summed E-state index contributed by atoms with van der Waals surface area (Å²) in [6.07, 6.45) is 1.61. The zero-order valence-corrected chi connectivity index (χ0v) is 22.9. The number of hydrogen-bond acceptors (Lipinski definition) is 8. The van der Waals surface area contributed by atoms with Gasteiger partial charge in [-0.1, -0.05) is 39.0 Å². The summed E-state index contributed by atoms with van der Waals surface area (Å²) in [4.78, 5) is 26.4. The number of rotatable bonds is 7. The molecule has 1 aliphatic rings. The van der Waals surface area contributed by atoms with E-state index in [9.17, 15) is 9.59 Å². The highest BCUT2D eigenvalue weighted by Gasteiger charge is 2.49. The van der Waals surface area contributed by atoms with Crippen LogP contribution in [0.4, 0.5) is 0 Å². The van der Waals surface area contributed by atoms with Crippen molar-refractivity contribution in [3.8, 4) is 5.75 Å². The molecule has 1 saturated heterocycles. The second kappa shape index (κ2) is 10.8. The molecule has 0 saturated carbocycles. The molecule has 186 valence electrons. The Hall–Kier alpha value is -1.92. The lowest BCUT2D eigenvalue weighted by Gasteiger charge is -2.37. The van der Waals surface area contributed by atoms with Crippen LogP contribution in [0.1, 0.15) is 27.0 Å². The van der Waals surface area contributed by atoms with Gasteiger partial charge in [0.2, 0.25) is 0 Å². The van der Waals surface area contributed by atoms with Crippen molar-refractivity contribution in [1.82, 2.24) is 9.55 Å². The molecular formula is C23H32N2O6S2Si. The van der Waals surface area contributed by atoms with E-state index in [1.165, 1.54) is 28.6 Å². The summed E-state index contributed by atoms with van der Waals surface area (Å²) in [5, 5.41) is -0.332. The molecular weight excluding hydrogens is 492 g/mol. The number of nitrogens with one attached hydrogen (secondary N) is 1. The number of aromatic amines is 1. The van der Waals surface area contributed by atoms with Gasteiger partial charge in [-0.15, -0.1) is 0 Å². The molecule has 0 unspecified atom stereocenters. The van der Waals surface area contributed by atoms with Gasteiger partial charge in [0.15, 0.2) is 14.5 Å². The first-order valence-electron chi connectivity index (χ1n) is 11.0. The minimum atomic E-state index is -2.08. The standard InChI is InChI=1S/C23H32N2O6S2Si/c1-23(2,3)34(5,6)28-14-16-18(31-22(32)29-15-10-8-7-9-11-15)19(33-4)20(30-16)25-13-12-17(26)24-21(25)27/h7-13,16,18-20H,14H2,1-6H3,(H,24,26,27)/t16-,18-,19-,20-/m1/s1. The lowest BCUT2D eigenvalue weighted by atomic mass is 10.2. The number of para-hydroxylation sites is 1. The van der Waals surface area contributed by atoms with E-state index < -0.39 is 38.0 Å². The maximum atomic E-state index is 12.5. The summed E-state index contributed by atoms with van der Waals surface area (Å²) in [5.41, 5.74) is -1.02.